The molecule has 4 aromatic rings. The highest BCUT2D eigenvalue weighted by Crippen LogP contribution is 2.41. The van der Waals surface area contributed by atoms with Crippen molar-refractivity contribution >= 4 is 23.0 Å². The van der Waals surface area contributed by atoms with Crippen LogP contribution in [0.3, 0.4) is 0 Å². The molecule has 30 heavy (non-hydrogen) atoms. The summed E-state index contributed by atoms with van der Waals surface area (Å²) in [5.41, 5.74) is 3.01. The first kappa shape index (κ1) is 18.4. The summed E-state index contributed by atoms with van der Waals surface area (Å²) in [5.74, 6) is 1.59. The molecule has 2 aromatic heterocycles. The molecule has 5 rings (SSSR count). The number of para-hydroxylation sites is 1. The molecule has 0 bridgehead atoms. The number of hydrogen-bond donors (Lipinski definition) is 2. The van der Waals surface area contributed by atoms with Crippen LogP contribution in [-0.4, -0.2) is 15.1 Å². The maximum atomic E-state index is 5.93. The molecule has 5 nitrogen and oxygen atoms in total. The molecule has 1 fully saturated rings. The minimum absolute atomic E-state index is 0.0386. The number of nitrogens with one attached hydrogen (secondary N) is 2. The van der Waals surface area contributed by atoms with Crippen LogP contribution < -0.4 is 15.0 Å². The molecule has 0 radical (unpaired) electrons. The number of aromatic amines is 1. The van der Waals surface area contributed by atoms with Gasteiger partial charge in [0.2, 0.25) is 0 Å². The van der Waals surface area contributed by atoms with Gasteiger partial charge in [-0.25, -0.2) is 0 Å². The smallest absolute Gasteiger partial charge is 0.174 e. The van der Waals surface area contributed by atoms with Crippen LogP contribution in [0.25, 0.3) is 0 Å². The molecule has 0 aliphatic carbocycles. The number of thiocarbonyl (C=S) groups is 1. The second-order valence-electron chi connectivity index (χ2n) is 7.03. The van der Waals surface area contributed by atoms with Crippen molar-refractivity contribution < 1.29 is 4.74 Å². The van der Waals surface area contributed by atoms with Gasteiger partial charge in [-0.1, -0.05) is 24.3 Å². The summed E-state index contributed by atoms with van der Waals surface area (Å²) in [7, 11) is 0. The van der Waals surface area contributed by atoms with E-state index < -0.39 is 0 Å². The molecule has 148 valence electrons. The van der Waals surface area contributed by atoms with Crippen molar-refractivity contribution in [1.29, 1.82) is 0 Å². The number of hydrogen-bond acceptors (Lipinski definition) is 3. The fraction of sp³-hybridized carbons (Fsp3) is 0.0833. The lowest BCUT2D eigenvalue weighted by atomic mass is 10.0. The summed E-state index contributed by atoms with van der Waals surface area (Å²) < 4.78 is 5.93. The molecule has 6 heteroatoms. The van der Waals surface area contributed by atoms with Gasteiger partial charge < -0.3 is 19.9 Å². The first-order chi connectivity index (χ1) is 14.8. The van der Waals surface area contributed by atoms with Crippen LogP contribution in [0.4, 0.5) is 5.69 Å². The topological polar surface area (TPSA) is 53.2 Å². The van der Waals surface area contributed by atoms with Crippen molar-refractivity contribution in [2.24, 2.45) is 0 Å². The molecule has 2 N–H and O–H groups in total. The summed E-state index contributed by atoms with van der Waals surface area (Å²) in [4.78, 5) is 10.0. The number of anilines is 1. The molecule has 1 aliphatic heterocycles. The van der Waals surface area contributed by atoms with Gasteiger partial charge in [0.05, 0.1) is 11.7 Å². The molecule has 0 unspecified atom stereocenters. The number of H-pyrrole nitrogens is 1. The van der Waals surface area contributed by atoms with E-state index in [1.807, 2.05) is 91.3 Å². The van der Waals surface area contributed by atoms with Gasteiger partial charge in [-0.05, 0) is 72.9 Å². The van der Waals surface area contributed by atoms with Crippen molar-refractivity contribution in [3.05, 3.63) is 109 Å². The predicted molar refractivity (Wildman–Crippen MR) is 122 cm³/mol. The number of benzene rings is 2. The van der Waals surface area contributed by atoms with E-state index in [0.717, 1.165) is 28.6 Å². The van der Waals surface area contributed by atoms with E-state index >= 15 is 0 Å². The van der Waals surface area contributed by atoms with Crippen LogP contribution in [0.15, 0.2) is 97.3 Å². The van der Waals surface area contributed by atoms with Crippen LogP contribution in [0, 0.1) is 0 Å². The van der Waals surface area contributed by atoms with Gasteiger partial charge >= 0.3 is 0 Å². The highest BCUT2D eigenvalue weighted by atomic mass is 32.1. The molecule has 2 atom stereocenters. The van der Waals surface area contributed by atoms with Gasteiger partial charge in [0.15, 0.2) is 5.11 Å². The highest BCUT2D eigenvalue weighted by molar-refractivity contribution is 7.80. The van der Waals surface area contributed by atoms with Crippen molar-refractivity contribution in [3.8, 4) is 11.5 Å². The molecule has 0 spiro atoms. The third-order valence-electron chi connectivity index (χ3n) is 5.13. The van der Waals surface area contributed by atoms with E-state index in [2.05, 4.69) is 26.3 Å². The van der Waals surface area contributed by atoms with Crippen molar-refractivity contribution in [3.63, 3.8) is 0 Å². The van der Waals surface area contributed by atoms with Crippen molar-refractivity contribution in [2.75, 3.05) is 4.90 Å². The number of pyridine rings is 1. The molecule has 0 saturated carbocycles. The lowest BCUT2D eigenvalue weighted by Gasteiger charge is -2.27. The standard InChI is InChI=1S/C24H20N4OS/c30-24-27-22(20-9-4-5-15-25-20)23(21-10-6-16-26-21)28(24)17-11-13-19(14-12-17)29-18-7-2-1-3-8-18/h1-16,22-23,26H,(H,27,30)/t22-,23-/m0/s1. The van der Waals surface area contributed by atoms with E-state index in [1.54, 1.807) is 0 Å². The van der Waals surface area contributed by atoms with Crippen LogP contribution in [0.1, 0.15) is 23.5 Å². The number of aromatic nitrogens is 2. The van der Waals surface area contributed by atoms with Gasteiger partial charge in [0.25, 0.3) is 0 Å². The fourth-order valence-corrected chi connectivity index (χ4v) is 4.12. The summed E-state index contributed by atoms with van der Waals surface area (Å²) in [5, 5.41) is 4.12. The minimum Gasteiger partial charge on any atom is -0.457 e. The largest absolute Gasteiger partial charge is 0.457 e. The van der Waals surface area contributed by atoms with Crippen LogP contribution in [0.5, 0.6) is 11.5 Å². The predicted octanol–water partition coefficient (Wildman–Crippen LogP) is 5.38. The van der Waals surface area contributed by atoms with Crippen LogP contribution in [0.2, 0.25) is 0 Å². The zero-order valence-electron chi connectivity index (χ0n) is 16.1. The van der Waals surface area contributed by atoms with Crippen molar-refractivity contribution in [2.45, 2.75) is 12.1 Å². The van der Waals surface area contributed by atoms with Gasteiger partial charge in [0, 0.05) is 23.8 Å². The molecular formula is C24H20N4OS. The lowest BCUT2D eigenvalue weighted by Crippen LogP contribution is -2.29. The Balaban J connectivity index is 1.47. The Morgan fingerprint density at radius 3 is 2.30 bits per heavy atom. The molecule has 2 aromatic carbocycles. The quantitative estimate of drug-likeness (QED) is 0.431. The van der Waals surface area contributed by atoms with E-state index in [9.17, 15) is 0 Å². The molecular weight excluding hydrogens is 392 g/mol. The summed E-state index contributed by atoms with van der Waals surface area (Å²) in [6.07, 6.45) is 3.74. The van der Waals surface area contributed by atoms with Gasteiger partial charge in [-0.15, -0.1) is 0 Å². The second kappa shape index (κ2) is 8.00. The van der Waals surface area contributed by atoms with Crippen molar-refractivity contribution in [1.82, 2.24) is 15.3 Å². The summed E-state index contributed by atoms with van der Waals surface area (Å²) in [6.45, 7) is 0. The number of nitrogens with zero attached hydrogens (tertiary/aromatic N) is 2. The fourth-order valence-electron chi connectivity index (χ4n) is 3.78. The third kappa shape index (κ3) is 3.53. The van der Waals surface area contributed by atoms with Crippen LogP contribution >= 0.6 is 12.2 Å². The summed E-state index contributed by atoms with van der Waals surface area (Å²) in [6, 6.07) is 27.7. The Morgan fingerprint density at radius 1 is 0.833 bits per heavy atom. The zero-order valence-corrected chi connectivity index (χ0v) is 16.9. The first-order valence-electron chi connectivity index (χ1n) is 9.76. The van der Waals surface area contributed by atoms with E-state index in [-0.39, 0.29) is 12.1 Å². The van der Waals surface area contributed by atoms with Crippen LogP contribution in [-0.2, 0) is 0 Å². The number of ether oxygens (including phenoxy) is 1. The highest BCUT2D eigenvalue weighted by Gasteiger charge is 2.41. The van der Waals surface area contributed by atoms with E-state index in [4.69, 9.17) is 17.0 Å². The SMILES string of the molecule is S=C1N[C@@H](c2ccccn2)[C@H](c2ccc[nH]2)N1c1ccc(Oc2ccccc2)cc1. The van der Waals surface area contributed by atoms with Gasteiger partial charge in [-0.3, -0.25) is 4.98 Å². The third-order valence-corrected chi connectivity index (χ3v) is 5.45. The molecule has 0 amide bonds. The van der Waals surface area contributed by atoms with Gasteiger partial charge in [-0.2, -0.15) is 0 Å². The Hall–Kier alpha value is -3.64. The Kier molecular flexibility index (Phi) is 4.91. The number of rotatable bonds is 5. The molecule has 1 saturated heterocycles. The molecule has 3 heterocycles. The zero-order chi connectivity index (χ0) is 20.3. The van der Waals surface area contributed by atoms with Gasteiger partial charge in [0.1, 0.15) is 17.5 Å². The lowest BCUT2D eigenvalue weighted by molar-refractivity contribution is 0.482. The van der Waals surface area contributed by atoms with E-state index in [0.29, 0.717) is 5.11 Å². The monoisotopic (exact) mass is 412 g/mol. The Labute approximate surface area is 180 Å². The summed E-state index contributed by atoms with van der Waals surface area (Å²) >= 11 is 5.73. The maximum absolute atomic E-state index is 5.93. The molecule has 1 aliphatic rings. The average molecular weight is 413 g/mol. The van der Waals surface area contributed by atoms with E-state index in [1.165, 1.54) is 0 Å². The first-order valence-corrected chi connectivity index (χ1v) is 10.2. The average Bonchev–Trinajstić information content (AvgIpc) is 3.43. The minimum atomic E-state index is -0.0578. The Morgan fingerprint density at radius 2 is 1.60 bits per heavy atom. The normalized spacial score (nSPS) is 18.3. The second-order valence-corrected chi connectivity index (χ2v) is 7.42. The maximum Gasteiger partial charge on any atom is 0.174 e. The Bertz CT molecular complexity index is 1120.